The van der Waals surface area contributed by atoms with Gasteiger partial charge in [-0.25, -0.2) is 0 Å². The third-order valence-corrected chi connectivity index (χ3v) is 7.97. The van der Waals surface area contributed by atoms with Gasteiger partial charge in [-0.05, 0) is 80.0 Å². The Bertz CT molecular complexity index is 1530. The second kappa shape index (κ2) is 14.5. The first-order chi connectivity index (χ1) is 21.4. The quantitative estimate of drug-likeness (QED) is 0.207. The number of likely N-dealkylation sites (tertiary alicyclic amines) is 1. The molecule has 0 bridgehead atoms. The van der Waals surface area contributed by atoms with Gasteiger partial charge < -0.3 is 20.4 Å². The molecule has 0 radical (unpaired) electrons. The summed E-state index contributed by atoms with van der Waals surface area (Å²) >= 11 is 0. The molecule has 0 saturated carbocycles. The zero-order chi connectivity index (χ0) is 30.9. The van der Waals surface area contributed by atoms with Gasteiger partial charge in [-0.1, -0.05) is 72.8 Å². The van der Waals surface area contributed by atoms with Gasteiger partial charge in [0, 0.05) is 36.7 Å². The molecule has 44 heavy (non-hydrogen) atoms. The lowest BCUT2D eigenvalue weighted by Gasteiger charge is -2.31. The Morgan fingerprint density at radius 3 is 1.95 bits per heavy atom. The van der Waals surface area contributed by atoms with Gasteiger partial charge in [-0.2, -0.15) is 0 Å². The Balaban J connectivity index is 1.25. The minimum atomic E-state index is -0.505. The Labute approximate surface area is 259 Å². The van der Waals surface area contributed by atoms with E-state index in [0.717, 1.165) is 34.5 Å². The smallest absolute Gasteiger partial charge is 0.247 e. The van der Waals surface area contributed by atoms with Crippen LogP contribution in [0.4, 0.5) is 17.1 Å². The molecule has 8 heteroatoms. The molecule has 5 rings (SSSR count). The molecular formula is C36H39N5O3. The molecule has 0 aromatic heterocycles. The normalized spacial score (nSPS) is 15.1. The first kappa shape index (κ1) is 30.5. The molecule has 3 amide bonds. The average Bonchev–Trinajstić information content (AvgIpc) is 3.54. The molecule has 0 aliphatic carbocycles. The Morgan fingerprint density at radius 2 is 1.39 bits per heavy atom. The van der Waals surface area contributed by atoms with Gasteiger partial charge in [0.1, 0.15) is 12.1 Å². The maximum absolute atomic E-state index is 13.7. The Kier molecular flexibility index (Phi) is 10.0. The summed E-state index contributed by atoms with van der Waals surface area (Å²) in [7, 11) is 3.79. The lowest BCUT2D eigenvalue weighted by molar-refractivity contribution is -0.140. The zero-order valence-corrected chi connectivity index (χ0v) is 25.2. The minimum Gasteiger partial charge on any atom is -0.363 e. The number of benzene rings is 4. The highest BCUT2D eigenvalue weighted by molar-refractivity contribution is 5.98. The number of likely N-dealkylation sites (N-methyl/N-ethyl adjacent to an activating group) is 1. The number of amides is 3. The average molecular weight is 590 g/mol. The number of nitrogens with one attached hydrogen (secondary N) is 2. The molecule has 4 aromatic rings. The third kappa shape index (κ3) is 7.51. The van der Waals surface area contributed by atoms with Crippen molar-refractivity contribution < 1.29 is 14.4 Å². The Hall–Kier alpha value is -4.95. The van der Waals surface area contributed by atoms with E-state index in [2.05, 4.69) is 27.7 Å². The van der Waals surface area contributed by atoms with Gasteiger partial charge in [0.15, 0.2) is 0 Å². The maximum Gasteiger partial charge on any atom is 0.247 e. The highest BCUT2D eigenvalue weighted by Gasteiger charge is 2.38. The highest BCUT2D eigenvalue weighted by Crippen LogP contribution is 2.28. The minimum absolute atomic E-state index is 0.0511. The van der Waals surface area contributed by atoms with Crippen LogP contribution in [0.5, 0.6) is 0 Å². The van der Waals surface area contributed by atoms with Crippen LogP contribution in [-0.4, -0.2) is 54.7 Å². The molecule has 1 saturated heterocycles. The van der Waals surface area contributed by atoms with Gasteiger partial charge >= 0.3 is 0 Å². The van der Waals surface area contributed by atoms with Gasteiger partial charge in [0.05, 0.1) is 0 Å². The van der Waals surface area contributed by atoms with Gasteiger partial charge in [-0.3, -0.25) is 19.3 Å². The monoisotopic (exact) mass is 589 g/mol. The zero-order valence-electron chi connectivity index (χ0n) is 25.2. The van der Waals surface area contributed by atoms with Crippen molar-refractivity contribution in [2.45, 2.75) is 38.0 Å². The number of hydrogen-bond donors (Lipinski definition) is 2. The number of rotatable bonds is 12. The van der Waals surface area contributed by atoms with E-state index in [4.69, 9.17) is 0 Å². The summed E-state index contributed by atoms with van der Waals surface area (Å²) in [5, 5.41) is 5.73. The summed E-state index contributed by atoms with van der Waals surface area (Å²) in [6.07, 6.45) is 2.11. The molecule has 226 valence electrons. The van der Waals surface area contributed by atoms with Crippen molar-refractivity contribution in [3.63, 3.8) is 0 Å². The summed E-state index contributed by atoms with van der Waals surface area (Å²) in [6, 6.07) is 34.7. The first-order valence-electron chi connectivity index (χ1n) is 14.9. The molecular weight excluding hydrogens is 550 g/mol. The van der Waals surface area contributed by atoms with E-state index in [1.807, 2.05) is 116 Å². The van der Waals surface area contributed by atoms with Crippen molar-refractivity contribution in [1.82, 2.24) is 9.80 Å². The second-order valence-electron chi connectivity index (χ2n) is 11.3. The topological polar surface area (TPSA) is 85.0 Å². The summed E-state index contributed by atoms with van der Waals surface area (Å²) in [6.45, 7) is 1.92. The summed E-state index contributed by atoms with van der Waals surface area (Å²) in [4.78, 5) is 43.8. The molecule has 1 heterocycles. The number of carbonyl (C=O) groups excluding carboxylic acids is 3. The summed E-state index contributed by atoms with van der Waals surface area (Å²) in [5.41, 5.74) is 5.69. The van der Waals surface area contributed by atoms with E-state index in [1.54, 1.807) is 4.90 Å². The van der Waals surface area contributed by atoms with Crippen LogP contribution in [0.2, 0.25) is 0 Å². The maximum atomic E-state index is 13.7. The number of nitrogens with zero attached hydrogens (tertiary/aromatic N) is 3. The van der Waals surface area contributed by atoms with Crippen molar-refractivity contribution in [1.29, 1.82) is 0 Å². The van der Waals surface area contributed by atoms with Crippen molar-refractivity contribution in [2.75, 3.05) is 36.2 Å². The fourth-order valence-corrected chi connectivity index (χ4v) is 5.77. The first-order valence-corrected chi connectivity index (χ1v) is 14.9. The standard InChI is InChI=1S/C36H39N5O3/c1-39(2)34(29-10-5-3-6-11-29)36(44)41-23-9-14-33(41)35(43)38-31-21-17-28(18-22-31)25-40(32-12-7-4-8-13-32)24-27-15-19-30(20-16-27)37-26-42/h3-8,10-13,15-22,26,33-34H,9,14,23-25H2,1-2H3,(H,37,42)(H,38,43). The molecule has 2 N–H and O–H groups in total. The number of hydrogen-bond acceptors (Lipinski definition) is 5. The fourth-order valence-electron chi connectivity index (χ4n) is 5.77. The summed E-state index contributed by atoms with van der Waals surface area (Å²) in [5.74, 6) is -0.211. The molecule has 8 nitrogen and oxygen atoms in total. The second-order valence-corrected chi connectivity index (χ2v) is 11.3. The van der Waals surface area contributed by atoms with E-state index < -0.39 is 12.1 Å². The lowest BCUT2D eigenvalue weighted by Crippen LogP contribution is -2.47. The predicted octanol–water partition coefficient (Wildman–Crippen LogP) is 5.69. The molecule has 1 aliphatic rings. The van der Waals surface area contributed by atoms with Crippen molar-refractivity contribution >= 4 is 35.3 Å². The van der Waals surface area contributed by atoms with E-state index in [9.17, 15) is 14.4 Å². The number of anilines is 3. The number of para-hydroxylation sites is 1. The molecule has 2 atom stereocenters. The molecule has 2 unspecified atom stereocenters. The Morgan fingerprint density at radius 1 is 0.818 bits per heavy atom. The fraction of sp³-hybridized carbons (Fsp3) is 0.250. The van der Waals surface area contributed by atoms with E-state index in [1.165, 1.54) is 0 Å². The van der Waals surface area contributed by atoms with Crippen LogP contribution < -0.4 is 15.5 Å². The largest absolute Gasteiger partial charge is 0.363 e. The van der Waals surface area contributed by atoms with E-state index in [0.29, 0.717) is 38.2 Å². The van der Waals surface area contributed by atoms with E-state index in [-0.39, 0.29) is 11.8 Å². The van der Waals surface area contributed by atoms with Crippen LogP contribution in [0.25, 0.3) is 0 Å². The van der Waals surface area contributed by atoms with Crippen LogP contribution in [0, 0.1) is 0 Å². The number of carbonyl (C=O) groups is 3. The van der Waals surface area contributed by atoms with Crippen molar-refractivity contribution in [2.24, 2.45) is 0 Å². The van der Waals surface area contributed by atoms with E-state index >= 15 is 0 Å². The molecule has 4 aromatic carbocycles. The SMILES string of the molecule is CN(C)C(C(=O)N1CCCC1C(=O)Nc1ccc(CN(Cc2ccc(NC=O)cc2)c2ccccc2)cc1)c1ccccc1. The van der Waals surface area contributed by atoms with Crippen LogP contribution in [-0.2, 0) is 27.5 Å². The molecule has 0 spiro atoms. The third-order valence-electron chi connectivity index (χ3n) is 7.97. The summed E-state index contributed by atoms with van der Waals surface area (Å²) < 4.78 is 0. The van der Waals surface area contributed by atoms with Gasteiger partial charge in [0.2, 0.25) is 18.2 Å². The predicted molar refractivity (Wildman–Crippen MR) is 175 cm³/mol. The van der Waals surface area contributed by atoms with Crippen molar-refractivity contribution in [3.8, 4) is 0 Å². The highest BCUT2D eigenvalue weighted by atomic mass is 16.2. The molecule has 1 fully saturated rings. The van der Waals surface area contributed by atoms with Crippen LogP contribution >= 0.6 is 0 Å². The van der Waals surface area contributed by atoms with Crippen LogP contribution in [0.1, 0.15) is 35.6 Å². The van der Waals surface area contributed by atoms with Crippen LogP contribution in [0.3, 0.4) is 0 Å². The van der Waals surface area contributed by atoms with Gasteiger partial charge in [0.25, 0.3) is 0 Å². The lowest BCUT2D eigenvalue weighted by atomic mass is 10.0. The van der Waals surface area contributed by atoms with Gasteiger partial charge in [-0.15, -0.1) is 0 Å². The molecule has 1 aliphatic heterocycles. The van der Waals surface area contributed by atoms with Crippen LogP contribution in [0.15, 0.2) is 109 Å². The van der Waals surface area contributed by atoms with Crippen molar-refractivity contribution in [3.05, 3.63) is 126 Å².